The molecular weight excluding hydrogens is 297 g/mol. The third-order valence-corrected chi connectivity index (χ3v) is 4.54. The highest BCUT2D eigenvalue weighted by Gasteiger charge is 2.19. The number of sulfonamides is 1. The molecule has 0 radical (unpaired) electrons. The molecule has 0 aliphatic carbocycles. The lowest BCUT2D eigenvalue weighted by atomic mass is 10.3. The van der Waals surface area contributed by atoms with E-state index in [4.69, 9.17) is 27.9 Å². The standard InChI is InChI=1S/C11H15Cl2NO3S/c1-3-4-5-14-18(15,16)11-7-8(12)10(17-2)6-9(11)13/h6-7,14H,3-5H2,1-2H3. The van der Waals surface area contributed by atoms with E-state index < -0.39 is 10.0 Å². The number of methoxy groups -OCH3 is 1. The molecule has 0 heterocycles. The van der Waals surface area contributed by atoms with E-state index in [9.17, 15) is 8.42 Å². The number of rotatable bonds is 6. The smallest absolute Gasteiger partial charge is 0.242 e. The Balaban J connectivity index is 3.05. The molecule has 102 valence electrons. The van der Waals surface area contributed by atoms with Crippen LogP contribution < -0.4 is 9.46 Å². The van der Waals surface area contributed by atoms with E-state index in [0.717, 1.165) is 12.8 Å². The van der Waals surface area contributed by atoms with Crippen LogP contribution in [0.25, 0.3) is 0 Å². The Morgan fingerprint density at radius 3 is 2.50 bits per heavy atom. The minimum atomic E-state index is -3.63. The van der Waals surface area contributed by atoms with Crippen molar-refractivity contribution in [3.8, 4) is 5.75 Å². The molecule has 0 aliphatic heterocycles. The van der Waals surface area contributed by atoms with Crippen molar-refractivity contribution in [3.63, 3.8) is 0 Å². The van der Waals surface area contributed by atoms with Gasteiger partial charge in [-0.2, -0.15) is 0 Å². The first-order valence-electron chi connectivity index (χ1n) is 5.45. The third-order valence-electron chi connectivity index (χ3n) is 2.32. The van der Waals surface area contributed by atoms with Crippen LogP contribution in [0.4, 0.5) is 0 Å². The molecule has 0 spiro atoms. The van der Waals surface area contributed by atoms with Gasteiger partial charge in [-0.05, 0) is 12.5 Å². The fraction of sp³-hybridized carbons (Fsp3) is 0.455. The summed E-state index contributed by atoms with van der Waals surface area (Å²) < 4.78 is 31.4. The summed E-state index contributed by atoms with van der Waals surface area (Å²) in [6, 6.07) is 2.68. The monoisotopic (exact) mass is 311 g/mol. The predicted octanol–water partition coefficient (Wildman–Crippen LogP) is 3.08. The number of benzene rings is 1. The van der Waals surface area contributed by atoms with E-state index in [1.807, 2.05) is 6.92 Å². The second-order valence-electron chi connectivity index (χ2n) is 3.67. The van der Waals surface area contributed by atoms with E-state index in [1.54, 1.807) is 0 Å². The van der Waals surface area contributed by atoms with Crippen LogP contribution >= 0.6 is 23.2 Å². The molecule has 0 unspecified atom stereocenters. The van der Waals surface area contributed by atoms with E-state index in [2.05, 4.69) is 4.72 Å². The van der Waals surface area contributed by atoms with Crippen LogP contribution in [-0.4, -0.2) is 22.1 Å². The zero-order chi connectivity index (χ0) is 13.8. The van der Waals surface area contributed by atoms with Gasteiger partial charge in [-0.1, -0.05) is 36.5 Å². The van der Waals surface area contributed by atoms with Gasteiger partial charge >= 0.3 is 0 Å². The Morgan fingerprint density at radius 1 is 1.28 bits per heavy atom. The largest absolute Gasteiger partial charge is 0.495 e. The van der Waals surface area contributed by atoms with Crippen molar-refractivity contribution in [1.29, 1.82) is 0 Å². The zero-order valence-electron chi connectivity index (χ0n) is 10.2. The fourth-order valence-corrected chi connectivity index (χ4v) is 3.25. The van der Waals surface area contributed by atoms with Crippen LogP contribution in [0.2, 0.25) is 10.0 Å². The summed E-state index contributed by atoms with van der Waals surface area (Å²) in [7, 11) is -2.20. The van der Waals surface area contributed by atoms with Crippen molar-refractivity contribution in [2.45, 2.75) is 24.7 Å². The molecular formula is C11H15Cl2NO3S. The van der Waals surface area contributed by atoms with Gasteiger partial charge in [-0.15, -0.1) is 0 Å². The maximum Gasteiger partial charge on any atom is 0.242 e. The van der Waals surface area contributed by atoms with Gasteiger partial charge in [0.15, 0.2) is 0 Å². The van der Waals surface area contributed by atoms with E-state index in [1.165, 1.54) is 19.2 Å². The number of nitrogens with one attached hydrogen (secondary N) is 1. The highest BCUT2D eigenvalue weighted by Crippen LogP contribution is 2.33. The summed E-state index contributed by atoms with van der Waals surface area (Å²) in [5.41, 5.74) is 0. The molecule has 1 aromatic rings. The molecule has 0 aromatic heterocycles. The van der Waals surface area contributed by atoms with Gasteiger partial charge in [0.25, 0.3) is 0 Å². The normalized spacial score (nSPS) is 11.6. The second-order valence-corrected chi connectivity index (χ2v) is 6.22. The van der Waals surface area contributed by atoms with E-state index in [-0.39, 0.29) is 14.9 Å². The molecule has 0 fully saturated rings. The Labute approximate surface area is 117 Å². The molecule has 1 rings (SSSR count). The average molecular weight is 312 g/mol. The van der Waals surface area contributed by atoms with Crippen molar-refractivity contribution < 1.29 is 13.2 Å². The maximum absolute atomic E-state index is 12.0. The Morgan fingerprint density at radius 2 is 1.94 bits per heavy atom. The molecule has 0 bridgehead atoms. The summed E-state index contributed by atoms with van der Waals surface area (Å²) >= 11 is 11.8. The minimum Gasteiger partial charge on any atom is -0.495 e. The maximum atomic E-state index is 12.0. The lowest BCUT2D eigenvalue weighted by Crippen LogP contribution is -2.25. The van der Waals surface area contributed by atoms with Crippen LogP contribution in [0, 0.1) is 0 Å². The number of hydrogen-bond acceptors (Lipinski definition) is 3. The quantitative estimate of drug-likeness (QED) is 0.821. The van der Waals surface area contributed by atoms with Crippen LogP contribution in [0.1, 0.15) is 19.8 Å². The number of halogens is 2. The Hall–Kier alpha value is -0.490. The Kier molecular flexibility index (Phi) is 5.72. The van der Waals surface area contributed by atoms with Crippen molar-refractivity contribution in [2.75, 3.05) is 13.7 Å². The highest BCUT2D eigenvalue weighted by molar-refractivity contribution is 7.89. The average Bonchev–Trinajstić information content (AvgIpc) is 2.31. The predicted molar refractivity (Wildman–Crippen MR) is 73.1 cm³/mol. The van der Waals surface area contributed by atoms with Gasteiger partial charge in [-0.3, -0.25) is 0 Å². The van der Waals surface area contributed by atoms with Gasteiger partial charge in [0.1, 0.15) is 10.6 Å². The van der Waals surface area contributed by atoms with Gasteiger partial charge in [-0.25, -0.2) is 13.1 Å². The lowest BCUT2D eigenvalue weighted by Gasteiger charge is -2.10. The van der Waals surface area contributed by atoms with E-state index >= 15 is 0 Å². The van der Waals surface area contributed by atoms with Crippen LogP contribution in [0.3, 0.4) is 0 Å². The first kappa shape index (κ1) is 15.6. The van der Waals surface area contributed by atoms with Crippen molar-refractivity contribution in [1.82, 2.24) is 4.72 Å². The number of unbranched alkanes of at least 4 members (excludes halogenated alkanes) is 1. The van der Waals surface area contributed by atoms with Crippen molar-refractivity contribution >= 4 is 33.2 Å². The van der Waals surface area contributed by atoms with Crippen LogP contribution in [-0.2, 0) is 10.0 Å². The topological polar surface area (TPSA) is 55.4 Å². The van der Waals surface area contributed by atoms with Gasteiger partial charge < -0.3 is 4.74 Å². The van der Waals surface area contributed by atoms with Crippen molar-refractivity contribution in [3.05, 3.63) is 22.2 Å². The molecule has 0 saturated heterocycles. The zero-order valence-corrected chi connectivity index (χ0v) is 12.5. The van der Waals surface area contributed by atoms with E-state index in [0.29, 0.717) is 12.3 Å². The third kappa shape index (κ3) is 3.75. The number of hydrogen-bond donors (Lipinski definition) is 1. The second kappa shape index (κ2) is 6.61. The summed E-state index contributed by atoms with van der Waals surface area (Å²) in [5, 5.41) is 0.290. The van der Waals surface area contributed by atoms with Gasteiger partial charge in [0, 0.05) is 12.6 Å². The van der Waals surface area contributed by atoms with Crippen molar-refractivity contribution in [2.24, 2.45) is 0 Å². The molecule has 0 atom stereocenters. The SMILES string of the molecule is CCCCNS(=O)(=O)c1cc(Cl)c(OC)cc1Cl. The summed E-state index contributed by atoms with van der Waals surface area (Å²) in [5.74, 6) is 0.342. The van der Waals surface area contributed by atoms with Crippen LogP contribution in [0.5, 0.6) is 5.75 Å². The first-order chi connectivity index (χ1) is 8.42. The van der Waals surface area contributed by atoms with Gasteiger partial charge in [0.05, 0.1) is 17.2 Å². The minimum absolute atomic E-state index is 0.0360. The molecule has 0 saturated carbocycles. The molecule has 1 N–H and O–H groups in total. The first-order valence-corrected chi connectivity index (χ1v) is 7.69. The summed E-state index contributed by atoms with van der Waals surface area (Å²) in [4.78, 5) is -0.0360. The Bertz CT molecular complexity index is 517. The van der Waals surface area contributed by atoms with Gasteiger partial charge in [0.2, 0.25) is 10.0 Å². The molecule has 18 heavy (non-hydrogen) atoms. The molecule has 0 amide bonds. The number of ether oxygens (including phenoxy) is 1. The molecule has 4 nitrogen and oxygen atoms in total. The molecule has 0 aliphatic rings. The van der Waals surface area contributed by atoms with Crippen LogP contribution in [0.15, 0.2) is 17.0 Å². The summed E-state index contributed by atoms with van der Waals surface area (Å²) in [6.45, 7) is 2.35. The molecule has 1 aromatic carbocycles. The lowest BCUT2D eigenvalue weighted by molar-refractivity contribution is 0.414. The summed E-state index contributed by atoms with van der Waals surface area (Å²) in [6.07, 6.45) is 1.67. The highest BCUT2D eigenvalue weighted by atomic mass is 35.5. The fourth-order valence-electron chi connectivity index (χ4n) is 1.33. The molecule has 7 heteroatoms.